The second-order valence-corrected chi connectivity index (χ2v) is 4.79. The van der Waals surface area contributed by atoms with E-state index in [1.807, 2.05) is 0 Å². The molecule has 0 fully saturated rings. The molecule has 0 aliphatic carbocycles. The molecule has 2 rings (SSSR count). The van der Waals surface area contributed by atoms with Crippen molar-refractivity contribution in [3.8, 4) is 11.8 Å². The molecule has 1 aromatic heterocycles. The van der Waals surface area contributed by atoms with Crippen LogP contribution in [-0.4, -0.2) is 29.0 Å². The summed E-state index contributed by atoms with van der Waals surface area (Å²) in [6.45, 7) is 0. The first-order chi connectivity index (χ1) is 8.94. The number of nitrogens with two attached hydrogens (primary N) is 1. The Labute approximate surface area is 117 Å². The summed E-state index contributed by atoms with van der Waals surface area (Å²) < 4.78 is 19.1. The number of hydrogen-bond donors (Lipinski definition) is 1. The molecule has 0 radical (unpaired) electrons. The van der Waals surface area contributed by atoms with Crippen molar-refractivity contribution < 1.29 is 9.13 Å². The van der Waals surface area contributed by atoms with Crippen LogP contribution in [0, 0.1) is 5.82 Å². The average Bonchev–Trinajstić information content (AvgIpc) is 2.26. The fraction of sp³-hybridized carbons (Fsp3) is 0.182. The van der Waals surface area contributed by atoms with Crippen LogP contribution >= 0.6 is 15.9 Å². The van der Waals surface area contributed by atoms with Gasteiger partial charge in [0.15, 0.2) is 0 Å². The zero-order valence-corrected chi connectivity index (χ0v) is 11.8. The molecule has 0 saturated heterocycles. The van der Waals surface area contributed by atoms with Gasteiger partial charge in [0.25, 0.3) is 0 Å². The van der Waals surface area contributed by atoms with Crippen LogP contribution in [0.5, 0.6) is 11.8 Å². The summed E-state index contributed by atoms with van der Waals surface area (Å²) in [7, 11) is 3.52. The first kappa shape index (κ1) is 13.5. The lowest BCUT2D eigenvalue weighted by Gasteiger charge is -2.11. The minimum absolute atomic E-state index is 0.00806. The van der Waals surface area contributed by atoms with Gasteiger partial charge in [-0.2, -0.15) is 15.0 Å². The van der Waals surface area contributed by atoms with Crippen molar-refractivity contribution in [2.75, 3.05) is 24.7 Å². The van der Waals surface area contributed by atoms with E-state index < -0.39 is 5.82 Å². The molecule has 0 spiro atoms. The van der Waals surface area contributed by atoms with Crippen molar-refractivity contribution in [2.24, 2.45) is 0 Å². The van der Waals surface area contributed by atoms with Gasteiger partial charge in [-0.15, -0.1) is 0 Å². The van der Waals surface area contributed by atoms with E-state index in [0.717, 1.165) is 0 Å². The van der Waals surface area contributed by atoms with Crippen LogP contribution in [0.25, 0.3) is 0 Å². The Hall–Kier alpha value is -1.96. The first-order valence-corrected chi connectivity index (χ1v) is 6.06. The molecule has 8 heteroatoms. The van der Waals surface area contributed by atoms with Crippen molar-refractivity contribution in [1.29, 1.82) is 0 Å². The Balaban J connectivity index is 2.32. The number of rotatable bonds is 3. The molecule has 2 N–H and O–H groups in total. The van der Waals surface area contributed by atoms with E-state index in [1.54, 1.807) is 25.1 Å². The number of nitrogens with zero attached hydrogens (tertiary/aromatic N) is 4. The summed E-state index contributed by atoms with van der Waals surface area (Å²) in [5, 5.41) is 0. The molecule has 0 amide bonds. The minimum Gasteiger partial charge on any atom is -0.424 e. The van der Waals surface area contributed by atoms with Gasteiger partial charge < -0.3 is 15.4 Å². The number of halogens is 2. The zero-order chi connectivity index (χ0) is 14.0. The largest absolute Gasteiger partial charge is 0.424 e. The van der Waals surface area contributed by atoms with Gasteiger partial charge in [-0.25, -0.2) is 4.39 Å². The van der Waals surface area contributed by atoms with Crippen LogP contribution in [0.1, 0.15) is 0 Å². The second-order valence-electron chi connectivity index (χ2n) is 3.88. The molecule has 0 bridgehead atoms. The third-order valence-corrected chi connectivity index (χ3v) is 2.52. The summed E-state index contributed by atoms with van der Waals surface area (Å²) in [4.78, 5) is 13.5. The monoisotopic (exact) mass is 327 g/mol. The van der Waals surface area contributed by atoms with Crippen molar-refractivity contribution >= 4 is 27.8 Å². The maximum absolute atomic E-state index is 13.2. The number of anilines is 2. The van der Waals surface area contributed by atoms with E-state index in [0.29, 0.717) is 10.4 Å². The Morgan fingerprint density at radius 1 is 1.21 bits per heavy atom. The van der Waals surface area contributed by atoms with Gasteiger partial charge in [-0.3, -0.25) is 0 Å². The van der Waals surface area contributed by atoms with Crippen molar-refractivity contribution in [2.45, 2.75) is 0 Å². The van der Waals surface area contributed by atoms with Gasteiger partial charge in [-0.05, 0) is 12.1 Å². The van der Waals surface area contributed by atoms with E-state index >= 15 is 0 Å². The van der Waals surface area contributed by atoms with Crippen LogP contribution < -0.4 is 15.4 Å². The number of aromatic nitrogens is 3. The Kier molecular flexibility index (Phi) is 3.79. The summed E-state index contributed by atoms with van der Waals surface area (Å²) >= 11 is 3.17. The maximum atomic E-state index is 13.2. The summed E-state index contributed by atoms with van der Waals surface area (Å²) in [6, 6.07) is 4.15. The van der Waals surface area contributed by atoms with E-state index in [-0.39, 0.29) is 17.7 Å². The fourth-order valence-corrected chi connectivity index (χ4v) is 1.74. The first-order valence-electron chi connectivity index (χ1n) is 5.27. The number of benzene rings is 1. The molecule has 0 saturated carbocycles. The number of ether oxygens (including phenoxy) is 1. The Morgan fingerprint density at radius 3 is 2.58 bits per heavy atom. The van der Waals surface area contributed by atoms with Gasteiger partial charge in [0.2, 0.25) is 11.9 Å². The van der Waals surface area contributed by atoms with Gasteiger partial charge in [0, 0.05) is 24.6 Å². The second kappa shape index (κ2) is 5.35. The molecular formula is C11H11BrFN5O. The highest BCUT2D eigenvalue weighted by atomic mass is 79.9. The van der Waals surface area contributed by atoms with Gasteiger partial charge in [0.05, 0.1) is 0 Å². The summed E-state index contributed by atoms with van der Waals surface area (Å²) in [5.74, 6) is 0.226. The van der Waals surface area contributed by atoms with Gasteiger partial charge in [-0.1, -0.05) is 15.9 Å². The van der Waals surface area contributed by atoms with E-state index in [4.69, 9.17) is 10.5 Å². The predicted octanol–water partition coefficient (Wildman–Crippen LogP) is 2.21. The van der Waals surface area contributed by atoms with E-state index in [1.165, 1.54) is 12.1 Å². The lowest BCUT2D eigenvalue weighted by atomic mass is 10.3. The van der Waals surface area contributed by atoms with E-state index in [2.05, 4.69) is 30.9 Å². The fourth-order valence-electron chi connectivity index (χ4n) is 1.30. The topological polar surface area (TPSA) is 77.2 Å². The van der Waals surface area contributed by atoms with Crippen LogP contribution in [0.3, 0.4) is 0 Å². The predicted molar refractivity (Wildman–Crippen MR) is 72.7 cm³/mol. The number of nitrogen functional groups attached to an aromatic ring is 1. The molecular weight excluding hydrogens is 317 g/mol. The normalized spacial score (nSPS) is 10.3. The van der Waals surface area contributed by atoms with Crippen molar-refractivity contribution in [3.63, 3.8) is 0 Å². The molecule has 100 valence electrons. The molecule has 0 aliphatic heterocycles. The standard InChI is InChI=1S/C11H11BrFN5O/c1-18(2)10-15-9(14)16-11(17-10)19-8-4-6(12)3-7(13)5-8/h3-5H,1-2H3,(H2,14,15,16,17). The molecule has 1 aromatic carbocycles. The summed E-state index contributed by atoms with van der Waals surface area (Å²) in [5.41, 5.74) is 5.56. The lowest BCUT2D eigenvalue weighted by molar-refractivity contribution is 0.436. The van der Waals surface area contributed by atoms with Gasteiger partial charge >= 0.3 is 6.01 Å². The van der Waals surface area contributed by atoms with Crippen LogP contribution in [0.2, 0.25) is 0 Å². The smallest absolute Gasteiger partial charge is 0.328 e. The zero-order valence-electron chi connectivity index (χ0n) is 10.3. The number of hydrogen-bond acceptors (Lipinski definition) is 6. The highest BCUT2D eigenvalue weighted by molar-refractivity contribution is 9.10. The van der Waals surface area contributed by atoms with Crippen molar-refractivity contribution in [1.82, 2.24) is 15.0 Å². The average molecular weight is 328 g/mol. The molecule has 0 aliphatic rings. The highest BCUT2D eigenvalue weighted by Crippen LogP contribution is 2.24. The molecule has 19 heavy (non-hydrogen) atoms. The van der Waals surface area contributed by atoms with Crippen LogP contribution in [0.4, 0.5) is 16.3 Å². The SMILES string of the molecule is CN(C)c1nc(N)nc(Oc2cc(F)cc(Br)c2)n1. The molecule has 2 aromatic rings. The Morgan fingerprint density at radius 2 is 1.95 bits per heavy atom. The van der Waals surface area contributed by atoms with Crippen LogP contribution in [0.15, 0.2) is 22.7 Å². The third kappa shape index (κ3) is 3.50. The maximum Gasteiger partial charge on any atom is 0.328 e. The molecule has 0 atom stereocenters. The van der Waals surface area contributed by atoms with E-state index in [9.17, 15) is 4.39 Å². The van der Waals surface area contributed by atoms with Crippen molar-refractivity contribution in [3.05, 3.63) is 28.5 Å². The minimum atomic E-state index is -0.431. The molecule has 0 unspecified atom stereocenters. The van der Waals surface area contributed by atoms with Gasteiger partial charge in [0.1, 0.15) is 11.6 Å². The quantitative estimate of drug-likeness (QED) is 0.931. The highest BCUT2D eigenvalue weighted by Gasteiger charge is 2.09. The van der Waals surface area contributed by atoms with Crippen LogP contribution in [-0.2, 0) is 0 Å². The third-order valence-electron chi connectivity index (χ3n) is 2.07. The summed E-state index contributed by atoms with van der Waals surface area (Å²) in [6.07, 6.45) is 0. The molecule has 1 heterocycles. The Bertz CT molecular complexity index is 587. The lowest BCUT2D eigenvalue weighted by Crippen LogP contribution is -2.15. The molecule has 6 nitrogen and oxygen atoms in total.